The molecule has 0 aliphatic carbocycles. The number of halogens is 2. The molecule has 0 radical (unpaired) electrons. The minimum absolute atomic E-state index is 0.299. The van der Waals surface area contributed by atoms with Crippen molar-refractivity contribution in [1.82, 2.24) is 10.6 Å². The average molecular weight is 250 g/mol. The van der Waals surface area contributed by atoms with Crippen LogP contribution in [0.1, 0.15) is 32.1 Å². The van der Waals surface area contributed by atoms with Gasteiger partial charge in [0.25, 0.3) is 6.43 Å². The average Bonchev–Trinajstić information content (AvgIpc) is 2.24. The molecule has 0 aromatic heterocycles. The fourth-order valence-electron chi connectivity index (χ4n) is 1.85. The molecule has 1 rings (SSSR count). The second-order valence-electron chi connectivity index (χ2n) is 4.36. The van der Waals surface area contributed by atoms with Crippen LogP contribution in [0.15, 0.2) is 0 Å². The van der Waals surface area contributed by atoms with Crippen molar-refractivity contribution in [1.29, 1.82) is 0 Å². The quantitative estimate of drug-likeness (QED) is 0.686. The topological polar surface area (TPSA) is 61.4 Å². The zero-order chi connectivity index (χ0) is 12.7. The smallest absolute Gasteiger partial charge is 0.265 e. The predicted octanol–water partition coefficient (Wildman–Crippen LogP) is 0.651. The summed E-state index contributed by atoms with van der Waals surface area (Å²) in [7, 11) is 0. The molecule has 17 heavy (non-hydrogen) atoms. The second kappa shape index (κ2) is 7.55. The van der Waals surface area contributed by atoms with Crippen molar-refractivity contribution in [3.8, 4) is 0 Å². The summed E-state index contributed by atoms with van der Waals surface area (Å²) in [5.74, 6) is -0.299. The van der Waals surface area contributed by atoms with E-state index in [1.807, 2.05) is 0 Å². The molecule has 1 aliphatic heterocycles. The Morgan fingerprint density at radius 1 is 1.35 bits per heavy atom. The van der Waals surface area contributed by atoms with Crippen molar-refractivity contribution in [2.45, 2.75) is 50.7 Å². The molecule has 0 bridgehead atoms. The second-order valence-corrected chi connectivity index (χ2v) is 4.36. The zero-order valence-electron chi connectivity index (χ0n) is 9.79. The van der Waals surface area contributed by atoms with Crippen LogP contribution < -0.4 is 10.6 Å². The molecule has 2 atom stereocenters. The van der Waals surface area contributed by atoms with Gasteiger partial charge in [0.1, 0.15) is 6.10 Å². The first-order chi connectivity index (χ1) is 8.11. The molecule has 1 heterocycles. The van der Waals surface area contributed by atoms with E-state index in [9.17, 15) is 13.6 Å². The van der Waals surface area contributed by atoms with Crippen molar-refractivity contribution in [3.63, 3.8) is 0 Å². The number of carbonyl (C=O) groups excluding carboxylic acids is 1. The number of rotatable bonds is 4. The van der Waals surface area contributed by atoms with Crippen LogP contribution in [0.2, 0.25) is 0 Å². The highest BCUT2D eigenvalue weighted by atomic mass is 19.3. The fraction of sp³-hybridized carbons (Fsp3) is 0.909. The summed E-state index contributed by atoms with van der Waals surface area (Å²) in [6, 6.07) is -0.319. The van der Waals surface area contributed by atoms with Crippen LogP contribution >= 0.6 is 0 Å². The lowest BCUT2D eigenvalue weighted by atomic mass is 10.0. The van der Waals surface area contributed by atoms with Crippen LogP contribution in [0, 0.1) is 0 Å². The van der Waals surface area contributed by atoms with Gasteiger partial charge in [0.2, 0.25) is 5.91 Å². The summed E-state index contributed by atoms with van der Waals surface area (Å²) in [5.41, 5.74) is 0. The van der Waals surface area contributed by atoms with Gasteiger partial charge in [-0.1, -0.05) is 19.3 Å². The van der Waals surface area contributed by atoms with E-state index in [1.54, 1.807) is 0 Å². The zero-order valence-corrected chi connectivity index (χ0v) is 9.79. The Balaban J connectivity index is 2.29. The van der Waals surface area contributed by atoms with E-state index in [0.29, 0.717) is 0 Å². The van der Waals surface area contributed by atoms with Crippen molar-refractivity contribution >= 4 is 5.91 Å². The SMILES string of the molecule is O=C(NCC(O)C(F)F)C1CCCCCCN1. The van der Waals surface area contributed by atoms with Crippen molar-refractivity contribution in [2.24, 2.45) is 0 Å². The fourth-order valence-corrected chi connectivity index (χ4v) is 1.85. The van der Waals surface area contributed by atoms with E-state index < -0.39 is 19.1 Å². The number of aliphatic hydroxyl groups is 1. The normalized spacial score (nSPS) is 23.9. The van der Waals surface area contributed by atoms with Gasteiger partial charge < -0.3 is 15.7 Å². The summed E-state index contributed by atoms with van der Waals surface area (Å²) in [6.07, 6.45) is 0.368. The Morgan fingerprint density at radius 2 is 2.06 bits per heavy atom. The van der Waals surface area contributed by atoms with E-state index in [0.717, 1.165) is 38.6 Å². The summed E-state index contributed by atoms with van der Waals surface area (Å²) in [4.78, 5) is 11.7. The lowest BCUT2D eigenvalue weighted by Gasteiger charge is -2.21. The van der Waals surface area contributed by atoms with Crippen LogP contribution in [-0.2, 0) is 4.79 Å². The molecule has 3 N–H and O–H groups in total. The van der Waals surface area contributed by atoms with E-state index in [4.69, 9.17) is 5.11 Å². The van der Waals surface area contributed by atoms with Gasteiger partial charge in [-0.25, -0.2) is 8.78 Å². The number of alkyl halides is 2. The van der Waals surface area contributed by atoms with Gasteiger partial charge in [0.05, 0.1) is 6.04 Å². The first-order valence-corrected chi connectivity index (χ1v) is 6.08. The van der Waals surface area contributed by atoms with Crippen molar-refractivity contribution < 1.29 is 18.7 Å². The Hall–Kier alpha value is -0.750. The van der Waals surface area contributed by atoms with Crippen LogP contribution in [0.3, 0.4) is 0 Å². The Morgan fingerprint density at radius 3 is 2.76 bits per heavy atom. The molecule has 4 nitrogen and oxygen atoms in total. The predicted molar refractivity (Wildman–Crippen MR) is 59.9 cm³/mol. The highest BCUT2D eigenvalue weighted by molar-refractivity contribution is 5.81. The molecular weight excluding hydrogens is 230 g/mol. The lowest BCUT2D eigenvalue weighted by Crippen LogP contribution is -2.47. The third-order valence-corrected chi connectivity index (χ3v) is 2.90. The number of hydrogen-bond donors (Lipinski definition) is 3. The number of hydrogen-bond acceptors (Lipinski definition) is 3. The summed E-state index contributed by atoms with van der Waals surface area (Å²) in [6.45, 7) is 0.379. The van der Waals surface area contributed by atoms with Crippen LogP contribution in [0.5, 0.6) is 0 Å². The lowest BCUT2D eigenvalue weighted by molar-refractivity contribution is -0.124. The number of amides is 1. The standard InChI is InChI=1S/C11H20F2N2O2/c12-10(13)9(16)7-15-11(17)8-5-3-1-2-4-6-14-8/h8-10,14,16H,1-7H2,(H,15,17). The van der Waals surface area contributed by atoms with E-state index in [1.165, 1.54) is 0 Å². The summed E-state index contributed by atoms with van der Waals surface area (Å²) < 4.78 is 24.0. The Kier molecular flexibility index (Phi) is 6.36. The molecule has 1 saturated heterocycles. The van der Waals surface area contributed by atoms with Crippen LogP contribution in [0.25, 0.3) is 0 Å². The van der Waals surface area contributed by atoms with Gasteiger partial charge >= 0.3 is 0 Å². The molecule has 0 saturated carbocycles. The number of nitrogens with one attached hydrogen (secondary N) is 2. The molecule has 0 aromatic rings. The molecule has 1 aliphatic rings. The third-order valence-electron chi connectivity index (χ3n) is 2.90. The number of carbonyl (C=O) groups is 1. The molecular formula is C11H20F2N2O2. The first-order valence-electron chi connectivity index (χ1n) is 6.08. The van der Waals surface area contributed by atoms with Crippen molar-refractivity contribution in [2.75, 3.05) is 13.1 Å². The van der Waals surface area contributed by atoms with Gasteiger partial charge in [0, 0.05) is 6.54 Å². The maximum Gasteiger partial charge on any atom is 0.265 e. The molecule has 0 spiro atoms. The maximum absolute atomic E-state index is 12.0. The van der Waals surface area contributed by atoms with Gasteiger partial charge in [-0.05, 0) is 19.4 Å². The highest BCUT2D eigenvalue weighted by Gasteiger charge is 2.22. The van der Waals surface area contributed by atoms with E-state index >= 15 is 0 Å². The molecule has 1 fully saturated rings. The minimum atomic E-state index is -2.82. The number of aliphatic hydroxyl groups excluding tert-OH is 1. The Labute approximate surface area is 99.8 Å². The minimum Gasteiger partial charge on any atom is -0.385 e. The molecule has 0 aromatic carbocycles. The van der Waals surface area contributed by atoms with Gasteiger partial charge in [0.15, 0.2) is 0 Å². The van der Waals surface area contributed by atoms with Gasteiger partial charge in [-0.2, -0.15) is 0 Å². The highest BCUT2D eigenvalue weighted by Crippen LogP contribution is 2.09. The molecule has 2 unspecified atom stereocenters. The Bertz CT molecular complexity index is 232. The summed E-state index contributed by atoms with van der Waals surface area (Å²) >= 11 is 0. The van der Waals surface area contributed by atoms with Gasteiger partial charge in [-0.3, -0.25) is 4.79 Å². The van der Waals surface area contributed by atoms with Crippen molar-refractivity contribution in [3.05, 3.63) is 0 Å². The van der Waals surface area contributed by atoms with E-state index in [-0.39, 0.29) is 11.9 Å². The van der Waals surface area contributed by atoms with Crippen LogP contribution in [-0.4, -0.2) is 42.7 Å². The molecule has 1 amide bonds. The molecule has 6 heteroatoms. The third kappa shape index (κ3) is 5.41. The first kappa shape index (κ1) is 14.3. The maximum atomic E-state index is 12.0. The largest absolute Gasteiger partial charge is 0.385 e. The summed E-state index contributed by atoms with van der Waals surface area (Å²) in [5, 5.41) is 14.3. The molecule has 100 valence electrons. The monoisotopic (exact) mass is 250 g/mol. The van der Waals surface area contributed by atoms with E-state index in [2.05, 4.69) is 10.6 Å². The van der Waals surface area contributed by atoms with Gasteiger partial charge in [-0.15, -0.1) is 0 Å². The van der Waals surface area contributed by atoms with Crippen LogP contribution in [0.4, 0.5) is 8.78 Å².